The van der Waals surface area contributed by atoms with E-state index in [1.54, 1.807) is 14.0 Å². The number of esters is 1. The van der Waals surface area contributed by atoms with Crippen LogP contribution in [0.3, 0.4) is 0 Å². The van der Waals surface area contributed by atoms with Crippen molar-refractivity contribution in [1.82, 2.24) is 4.90 Å². The van der Waals surface area contributed by atoms with Crippen LogP contribution in [0.2, 0.25) is 0 Å². The third-order valence-electron chi connectivity index (χ3n) is 2.66. The molecule has 0 radical (unpaired) electrons. The third-order valence-corrected chi connectivity index (χ3v) is 4.02. The Balaban J connectivity index is 2.82. The average Bonchev–Trinajstić information content (AvgIpc) is 2.39. The first-order valence-corrected chi connectivity index (χ1v) is 7.52. The highest BCUT2D eigenvalue weighted by molar-refractivity contribution is 14.1. The van der Waals surface area contributed by atoms with Gasteiger partial charge in [0.25, 0.3) is 5.91 Å². The summed E-state index contributed by atoms with van der Waals surface area (Å²) in [6.45, 7) is 2.06. The van der Waals surface area contributed by atoms with E-state index in [0.717, 1.165) is 8.04 Å². The quantitative estimate of drug-likeness (QED) is 0.535. The van der Waals surface area contributed by atoms with Crippen LogP contribution in [0.5, 0.6) is 0 Å². The van der Waals surface area contributed by atoms with Gasteiger partial charge in [0.2, 0.25) is 0 Å². The van der Waals surface area contributed by atoms with E-state index in [1.165, 1.54) is 12.0 Å². The fourth-order valence-electron chi connectivity index (χ4n) is 1.64. The van der Waals surface area contributed by atoms with E-state index in [0.29, 0.717) is 12.1 Å². The van der Waals surface area contributed by atoms with Crippen LogP contribution in [0.1, 0.15) is 17.3 Å². The van der Waals surface area contributed by atoms with E-state index in [9.17, 15) is 9.59 Å². The van der Waals surface area contributed by atoms with Crippen LogP contribution in [-0.4, -0.2) is 37.5 Å². The van der Waals surface area contributed by atoms with Crippen LogP contribution in [0.25, 0.3) is 0 Å². The largest absolute Gasteiger partial charge is 0.469 e. The summed E-state index contributed by atoms with van der Waals surface area (Å²) in [5, 5.41) is 0. The van der Waals surface area contributed by atoms with Crippen molar-refractivity contribution in [1.29, 1.82) is 0 Å². The molecule has 1 aromatic carbocycles. The summed E-state index contributed by atoms with van der Waals surface area (Å²) in [4.78, 5) is 25.2. The van der Waals surface area contributed by atoms with Crippen LogP contribution < -0.4 is 0 Å². The zero-order chi connectivity index (χ0) is 14.6. The van der Waals surface area contributed by atoms with Crippen LogP contribution in [-0.2, 0) is 9.53 Å². The lowest BCUT2D eigenvalue weighted by molar-refractivity contribution is -0.145. The number of benzene rings is 1. The molecule has 0 N–H and O–H groups in total. The van der Waals surface area contributed by atoms with Gasteiger partial charge in [0, 0.05) is 21.6 Å². The second kappa shape index (κ2) is 7.23. The number of carbonyl (C=O) groups excluding carboxylic acids is 2. The number of rotatable bonds is 4. The zero-order valence-corrected chi connectivity index (χ0v) is 14.7. The first kappa shape index (κ1) is 16.4. The van der Waals surface area contributed by atoms with E-state index in [2.05, 4.69) is 43.3 Å². The molecule has 1 unspecified atom stereocenters. The molecule has 0 saturated carbocycles. The third kappa shape index (κ3) is 4.45. The Hall–Kier alpha value is -0.630. The number of hydrogen-bond donors (Lipinski definition) is 0. The predicted octanol–water partition coefficient (Wildman–Crippen LogP) is 2.93. The predicted molar refractivity (Wildman–Crippen MR) is 85.0 cm³/mol. The van der Waals surface area contributed by atoms with Crippen molar-refractivity contribution in [3.8, 4) is 0 Å². The minimum absolute atomic E-state index is 0.124. The van der Waals surface area contributed by atoms with Gasteiger partial charge >= 0.3 is 5.97 Å². The fourth-order valence-corrected chi connectivity index (χ4v) is 2.54. The number of hydrogen-bond acceptors (Lipinski definition) is 3. The van der Waals surface area contributed by atoms with Crippen molar-refractivity contribution in [3.05, 3.63) is 31.8 Å². The van der Waals surface area contributed by atoms with Gasteiger partial charge in [0.05, 0.1) is 18.6 Å². The maximum Gasteiger partial charge on any atom is 0.310 e. The van der Waals surface area contributed by atoms with E-state index in [-0.39, 0.29) is 17.8 Å². The minimum atomic E-state index is -0.347. The van der Waals surface area contributed by atoms with Gasteiger partial charge in [0.1, 0.15) is 0 Å². The van der Waals surface area contributed by atoms with Gasteiger partial charge in [-0.3, -0.25) is 9.59 Å². The molecular weight excluding hydrogens is 425 g/mol. The average molecular weight is 440 g/mol. The Morgan fingerprint density at radius 3 is 2.68 bits per heavy atom. The van der Waals surface area contributed by atoms with Gasteiger partial charge in [-0.15, -0.1) is 0 Å². The monoisotopic (exact) mass is 439 g/mol. The lowest BCUT2D eigenvalue weighted by Crippen LogP contribution is -2.34. The molecule has 0 bridgehead atoms. The van der Waals surface area contributed by atoms with Crippen LogP contribution in [0.15, 0.2) is 22.7 Å². The van der Waals surface area contributed by atoms with Crippen molar-refractivity contribution in [3.63, 3.8) is 0 Å². The maximum atomic E-state index is 12.3. The highest BCUT2D eigenvalue weighted by atomic mass is 127. The smallest absolute Gasteiger partial charge is 0.310 e. The molecule has 1 amide bonds. The highest BCUT2D eigenvalue weighted by Crippen LogP contribution is 2.21. The molecule has 6 heteroatoms. The second-order valence-electron chi connectivity index (χ2n) is 4.23. The molecule has 1 atom stereocenters. The van der Waals surface area contributed by atoms with Gasteiger partial charge in [0.15, 0.2) is 0 Å². The van der Waals surface area contributed by atoms with Gasteiger partial charge in [-0.05, 0) is 56.7 Å². The fraction of sp³-hybridized carbons (Fsp3) is 0.385. The molecule has 0 aliphatic rings. The van der Waals surface area contributed by atoms with Gasteiger partial charge < -0.3 is 9.64 Å². The van der Waals surface area contributed by atoms with Crippen molar-refractivity contribution >= 4 is 50.4 Å². The van der Waals surface area contributed by atoms with E-state index < -0.39 is 0 Å². The number of carbonyl (C=O) groups is 2. The lowest BCUT2D eigenvalue weighted by atomic mass is 10.1. The first-order valence-electron chi connectivity index (χ1n) is 5.65. The summed E-state index contributed by atoms with van der Waals surface area (Å²) < 4.78 is 6.38. The minimum Gasteiger partial charge on any atom is -0.469 e. The Bertz CT molecular complexity index is 493. The van der Waals surface area contributed by atoms with Crippen molar-refractivity contribution in [2.24, 2.45) is 5.92 Å². The molecule has 0 aliphatic carbocycles. The summed E-state index contributed by atoms with van der Waals surface area (Å²) in [6, 6.07) is 5.57. The molecule has 0 saturated heterocycles. The molecular formula is C13H15BrINO3. The SMILES string of the molecule is COC(=O)C(C)CN(C)C(=O)c1cc(I)ccc1Br. The van der Waals surface area contributed by atoms with Crippen molar-refractivity contribution < 1.29 is 14.3 Å². The number of methoxy groups -OCH3 is 1. The molecule has 0 fully saturated rings. The van der Waals surface area contributed by atoms with Gasteiger partial charge in [-0.1, -0.05) is 6.92 Å². The highest BCUT2D eigenvalue weighted by Gasteiger charge is 2.21. The summed E-state index contributed by atoms with van der Waals surface area (Å²) in [7, 11) is 3.02. The summed E-state index contributed by atoms with van der Waals surface area (Å²) in [6.07, 6.45) is 0. The number of nitrogens with zero attached hydrogens (tertiary/aromatic N) is 1. The van der Waals surface area contributed by atoms with Crippen LogP contribution >= 0.6 is 38.5 Å². The first-order chi connectivity index (χ1) is 8.86. The standard InChI is InChI=1S/C13H15BrINO3/c1-8(13(18)19-3)7-16(2)12(17)10-6-9(15)4-5-11(10)14/h4-6,8H,7H2,1-3H3. The number of ether oxygens (including phenoxy) is 1. The van der Waals surface area contributed by atoms with Crippen LogP contribution in [0.4, 0.5) is 0 Å². The molecule has 104 valence electrons. The topological polar surface area (TPSA) is 46.6 Å². The molecule has 1 aromatic rings. The van der Waals surface area contributed by atoms with Crippen molar-refractivity contribution in [2.45, 2.75) is 6.92 Å². The van der Waals surface area contributed by atoms with E-state index in [4.69, 9.17) is 0 Å². The molecule has 0 spiro atoms. The Morgan fingerprint density at radius 1 is 1.47 bits per heavy atom. The Kier molecular flexibility index (Phi) is 6.25. The molecule has 0 heterocycles. The Labute approximate surface area is 134 Å². The zero-order valence-electron chi connectivity index (χ0n) is 10.9. The summed E-state index contributed by atoms with van der Waals surface area (Å²) in [5.74, 6) is -0.789. The second-order valence-corrected chi connectivity index (χ2v) is 6.33. The van der Waals surface area contributed by atoms with E-state index in [1.807, 2.05) is 18.2 Å². The normalized spacial score (nSPS) is 11.8. The molecule has 1 rings (SSSR count). The van der Waals surface area contributed by atoms with E-state index >= 15 is 0 Å². The van der Waals surface area contributed by atoms with Crippen LogP contribution in [0, 0.1) is 9.49 Å². The lowest BCUT2D eigenvalue weighted by Gasteiger charge is -2.21. The number of amides is 1. The number of halogens is 2. The Morgan fingerprint density at radius 2 is 2.11 bits per heavy atom. The maximum absolute atomic E-state index is 12.3. The van der Waals surface area contributed by atoms with Gasteiger partial charge in [-0.2, -0.15) is 0 Å². The summed E-state index contributed by atoms with van der Waals surface area (Å²) in [5.41, 5.74) is 0.589. The summed E-state index contributed by atoms with van der Waals surface area (Å²) >= 11 is 5.52. The van der Waals surface area contributed by atoms with Gasteiger partial charge in [-0.25, -0.2) is 0 Å². The van der Waals surface area contributed by atoms with Crippen molar-refractivity contribution in [2.75, 3.05) is 20.7 Å². The molecule has 4 nitrogen and oxygen atoms in total. The molecule has 19 heavy (non-hydrogen) atoms. The molecule has 0 aliphatic heterocycles. The molecule has 0 aromatic heterocycles.